The average Bonchev–Trinajstić information content (AvgIpc) is 3.28. The molecule has 3 rings (SSSR count). The Bertz CT molecular complexity index is 971. The molecule has 0 saturated carbocycles. The van der Waals surface area contributed by atoms with Crippen LogP contribution in [-0.2, 0) is 0 Å². The van der Waals surface area contributed by atoms with Crippen LogP contribution in [0.15, 0.2) is 34.7 Å². The third kappa shape index (κ3) is 4.13. The van der Waals surface area contributed by atoms with E-state index in [1.807, 2.05) is 41.9 Å². The fourth-order valence-electron chi connectivity index (χ4n) is 2.75. The highest BCUT2D eigenvalue weighted by Gasteiger charge is 2.19. The zero-order valence-corrected chi connectivity index (χ0v) is 17.2. The van der Waals surface area contributed by atoms with E-state index in [1.165, 1.54) is 0 Å². The molecule has 0 saturated heterocycles. The zero-order chi connectivity index (χ0) is 20.4. The van der Waals surface area contributed by atoms with Gasteiger partial charge in [-0.3, -0.25) is 4.79 Å². The standard InChI is InChI=1S/C21H27N5O2/c1-12(2)14(5)22-20(27)16-8-7-9-17(10-16)26-19(13(3)4)11-18(25-26)21-24-23-15(6)28-21/h7-14H,1-6H3,(H,22,27)/t14-/m0/s1. The Hall–Kier alpha value is -2.96. The van der Waals surface area contributed by atoms with Gasteiger partial charge in [0.2, 0.25) is 5.89 Å². The molecule has 0 aliphatic rings. The smallest absolute Gasteiger partial charge is 0.268 e. The molecule has 2 heterocycles. The number of carbonyl (C=O) groups is 1. The molecule has 0 radical (unpaired) electrons. The van der Waals surface area contributed by atoms with Crippen LogP contribution in [-0.4, -0.2) is 31.9 Å². The normalized spacial score (nSPS) is 12.6. The van der Waals surface area contributed by atoms with E-state index in [4.69, 9.17) is 4.42 Å². The number of nitrogens with one attached hydrogen (secondary N) is 1. The number of amides is 1. The summed E-state index contributed by atoms with van der Waals surface area (Å²) in [6, 6.07) is 9.51. The van der Waals surface area contributed by atoms with E-state index in [-0.39, 0.29) is 17.9 Å². The number of nitrogens with zero attached hydrogens (tertiary/aromatic N) is 4. The molecule has 0 unspecified atom stereocenters. The van der Waals surface area contributed by atoms with Gasteiger partial charge in [0.25, 0.3) is 11.8 Å². The molecule has 0 bridgehead atoms. The fraction of sp³-hybridized carbons (Fsp3) is 0.429. The Kier molecular flexibility index (Phi) is 5.63. The van der Waals surface area contributed by atoms with Gasteiger partial charge in [0.15, 0.2) is 0 Å². The van der Waals surface area contributed by atoms with Gasteiger partial charge in [-0.15, -0.1) is 10.2 Å². The van der Waals surface area contributed by atoms with Crippen LogP contribution < -0.4 is 5.32 Å². The maximum absolute atomic E-state index is 12.6. The van der Waals surface area contributed by atoms with Crippen LogP contribution in [0.4, 0.5) is 0 Å². The van der Waals surface area contributed by atoms with Gasteiger partial charge >= 0.3 is 0 Å². The fourth-order valence-corrected chi connectivity index (χ4v) is 2.75. The first-order valence-corrected chi connectivity index (χ1v) is 9.58. The Morgan fingerprint density at radius 1 is 1.11 bits per heavy atom. The lowest BCUT2D eigenvalue weighted by Crippen LogP contribution is -2.36. The number of carbonyl (C=O) groups excluding carboxylic acids is 1. The molecule has 0 spiro atoms. The molecule has 1 atom stereocenters. The minimum absolute atomic E-state index is 0.0888. The van der Waals surface area contributed by atoms with Crippen molar-refractivity contribution < 1.29 is 9.21 Å². The number of hydrogen-bond donors (Lipinski definition) is 1. The summed E-state index contributed by atoms with van der Waals surface area (Å²) in [5.74, 6) is 1.38. The second-order valence-electron chi connectivity index (χ2n) is 7.70. The molecular formula is C21H27N5O2. The number of aryl methyl sites for hydroxylation is 1. The summed E-state index contributed by atoms with van der Waals surface area (Å²) >= 11 is 0. The summed E-state index contributed by atoms with van der Waals surface area (Å²) in [6.45, 7) is 12.1. The van der Waals surface area contributed by atoms with Gasteiger partial charge in [0.1, 0.15) is 5.69 Å². The van der Waals surface area contributed by atoms with Crippen LogP contribution in [0.25, 0.3) is 17.3 Å². The van der Waals surface area contributed by atoms with Gasteiger partial charge in [0.05, 0.1) is 5.69 Å². The van der Waals surface area contributed by atoms with Crippen molar-refractivity contribution in [3.8, 4) is 17.3 Å². The van der Waals surface area contributed by atoms with Crippen molar-refractivity contribution in [3.05, 3.63) is 47.5 Å². The van der Waals surface area contributed by atoms with Crippen molar-refractivity contribution in [3.63, 3.8) is 0 Å². The summed E-state index contributed by atoms with van der Waals surface area (Å²) in [5, 5.41) is 15.6. The van der Waals surface area contributed by atoms with Crippen molar-refractivity contribution in [2.45, 2.75) is 53.5 Å². The lowest BCUT2D eigenvalue weighted by atomic mass is 10.1. The van der Waals surface area contributed by atoms with Gasteiger partial charge in [-0.1, -0.05) is 33.8 Å². The second-order valence-corrected chi connectivity index (χ2v) is 7.70. The molecule has 1 aromatic carbocycles. The summed E-state index contributed by atoms with van der Waals surface area (Å²) < 4.78 is 7.35. The highest BCUT2D eigenvalue weighted by molar-refractivity contribution is 5.94. The van der Waals surface area contributed by atoms with E-state index < -0.39 is 0 Å². The number of rotatable bonds is 6. The Morgan fingerprint density at radius 2 is 1.86 bits per heavy atom. The van der Waals surface area contributed by atoms with Gasteiger partial charge in [-0.25, -0.2) is 4.68 Å². The Labute approximate surface area is 165 Å². The van der Waals surface area contributed by atoms with Crippen molar-refractivity contribution >= 4 is 5.91 Å². The lowest BCUT2D eigenvalue weighted by molar-refractivity contribution is 0.0930. The summed E-state index contributed by atoms with van der Waals surface area (Å²) in [7, 11) is 0. The third-order valence-electron chi connectivity index (χ3n) is 4.79. The Balaban J connectivity index is 1.97. The molecule has 148 valence electrons. The van der Waals surface area contributed by atoms with Crippen molar-refractivity contribution in [1.29, 1.82) is 0 Å². The maximum Gasteiger partial charge on any atom is 0.268 e. The second kappa shape index (κ2) is 7.96. The van der Waals surface area contributed by atoms with Gasteiger partial charge in [-0.05, 0) is 43.0 Å². The van der Waals surface area contributed by atoms with E-state index >= 15 is 0 Å². The highest BCUT2D eigenvalue weighted by atomic mass is 16.4. The molecule has 1 amide bonds. The number of aromatic nitrogens is 4. The summed E-state index contributed by atoms with van der Waals surface area (Å²) in [5.41, 5.74) is 3.04. The summed E-state index contributed by atoms with van der Waals surface area (Å²) in [6.07, 6.45) is 0. The first kappa shape index (κ1) is 19.8. The molecular weight excluding hydrogens is 354 g/mol. The van der Waals surface area contributed by atoms with E-state index in [0.29, 0.717) is 29.0 Å². The van der Waals surface area contributed by atoms with Crippen LogP contribution in [0.2, 0.25) is 0 Å². The van der Waals surface area contributed by atoms with Crippen molar-refractivity contribution in [2.75, 3.05) is 0 Å². The monoisotopic (exact) mass is 381 g/mol. The predicted octanol–water partition coefficient (Wildman–Crippen LogP) is 4.13. The highest BCUT2D eigenvalue weighted by Crippen LogP contribution is 2.26. The molecule has 0 aliphatic heterocycles. The third-order valence-corrected chi connectivity index (χ3v) is 4.79. The lowest BCUT2D eigenvalue weighted by Gasteiger charge is -2.18. The first-order chi connectivity index (χ1) is 13.3. The minimum atomic E-state index is -0.0888. The van der Waals surface area contributed by atoms with Gasteiger partial charge in [0, 0.05) is 24.2 Å². The first-order valence-electron chi connectivity index (χ1n) is 9.58. The average molecular weight is 381 g/mol. The molecule has 0 fully saturated rings. The van der Waals surface area contributed by atoms with Crippen LogP contribution in [0.5, 0.6) is 0 Å². The number of benzene rings is 1. The van der Waals surface area contributed by atoms with Crippen LogP contribution in [0, 0.1) is 12.8 Å². The largest absolute Gasteiger partial charge is 0.420 e. The topological polar surface area (TPSA) is 85.8 Å². The number of hydrogen-bond acceptors (Lipinski definition) is 5. The Morgan fingerprint density at radius 3 is 2.46 bits per heavy atom. The van der Waals surface area contributed by atoms with Crippen LogP contribution >= 0.6 is 0 Å². The minimum Gasteiger partial charge on any atom is -0.420 e. The molecule has 7 nitrogen and oxygen atoms in total. The van der Waals surface area contributed by atoms with E-state index in [2.05, 4.69) is 48.3 Å². The molecule has 3 aromatic rings. The molecule has 2 aromatic heterocycles. The van der Waals surface area contributed by atoms with Crippen molar-refractivity contribution in [2.24, 2.45) is 5.92 Å². The molecule has 0 aliphatic carbocycles. The van der Waals surface area contributed by atoms with Gasteiger partial charge in [-0.2, -0.15) is 5.10 Å². The molecule has 1 N–H and O–H groups in total. The van der Waals surface area contributed by atoms with E-state index in [9.17, 15) is 4.79 Å². The van der Waals surface area contributed by atoms with Crippen molar-refractivity contribution in [1.82, 2.24) is 25.3 Å². The van der Waals surface area contributed by atoms with Gasteiger partial charge < -0.3 is 9.73 Å². The van der Waals surface area contributed by atoms with E-state index in [0.717, 1.165) is 11.4 Å². The van der Waals surface area contributed by atoms with Crippen LogP contribution in [0.1, 0.15) is 62.5 Å². The molecule has 28 heavy (non-hydrogen) atoms. The SMILES string of the molecule is Cc1nnc(-c2cc(C(C)C)n(-c3cccc(C(=O)N[C@@H](C)C(C)C)c3)n2)o1. The maximum atomic E-state index is 12.6. The quantitative estimate of drug-likeness (QED) is 0.694. The van der Waals surface area contributed by atoms with E-state index in [1.54, 1.807) is 6.92 Å². The zero-order valence-electron chi connectivity index (χ0n) is 17.2. The van der Waals surface area contributed by atoms with Crippen LogP contribution in [0.3, 0.4) is 0 Å². The predicted molar refractivity (Wildman–Crippen MR) is 107 cm³/mol. The molecule has 7 heteroatoms. The summed E-state index contributed by atoms with van der Waals surface area (Å²) in [4.78, 5) is 12.6.